The maximum atomic E-state index is 12.6. The van der Waals surface area contributed by atoms with Gasteiger partial charge in [-0.25, -0.2) is 9.78 Å². The number of anilines is 1. The van der Waals surface area contributed by atoms with Crippen LogP contribution in [0.25, 0.3) is 22.4 Å². The Kier molecular flexibility index (Phi) is 5.63. The molecule has 0 spiro atoms. The number of nitrogens with two attached hydrogens (primary N) is 1. The van der Waals surface area contributed by atoms with Crippen LogP contribution in [0, 0.1) is 0 Å². The Morgan fingerprint density at radius 1 is 1.06 bits per heavy atom. The maximum absolute atomic E-state index is 12.6. The zero-order valence-corrected chi connectivity index (χ0v) is 17.0. The number of carbonyl (C=O) groups excluding carboxylic acids is 3. The van der Waals surface area contributed by atoms with Crippen molar-refractivity contribution >= 4 is 34.5 Å². The van der Waals surface area contributed by atoms with E-state index in [-0.39, 0.29) is 5.56 Å². The highest BCUT2D eigenvalue weighted by atomic mass is 16.5. The number of ether oxygens (including phenoxy) is 1. The number of primary amides is 1. The van der Waals surface area contributed by atoms with Crippen molar-refractivity contribution in [1.29, 1.82) is 0 Å². The molecular weight excluding hydrogens is 410 g/mol. The van der Waals surface area contributed by atoms with Gasteiger partial charge >= 0.3 is 5.97 Å². The van der Waals surface area contributed by atoms with Crippen molar-refractivity contribution in [3.63, 3.8) is 0 Å². The molecule has 9 nitrogen and oxygen atoms in total. The Labute approximate surface area is 182 Å². The van der Waals surface area contributed by atoms with Crippen LogP contribution in [0.15, 0.2) is 67.0 Å². The number of pyridine rings is 1. The Hall–Kier alpha value is -4.53. The fraction of sp³-hybridized carbons (Fsp3) is 0.0870. The van der Waals surface area contributed by atoms with E-state index in [9.17, 15) is 14.4 Å². The molecule has 0 saturated heterocycles. The minimum absolute atomic E-state index is 0.282. The van der Waals surface area contributed by atoms with Crippen molar-refractivity contribution in [2.24, 2.45) is 5.73 Å². The van der Waals surface area contributed by atoms with Gasteiger partial charge in [-0.05, 0) is 61.5 Å². The van der Waals surface area contributed by atoms with Gasteiger partial charge in [0.1, 0.15) is 5.82 Å². The van der Waals surface area contributed by atoms with Gasteiger partial charge in [0.15, 0.2) is 6.10 Å². The first-order chi connectivity index (χ1) is 15.4. The Bertz CT molecular complexity index is 1300. The third-order valence-electron chi connectivity index (χ3n) is 4.74. The molecule has 0 bridgehead atoms. The maximum Gasteiger partial charge on any atom is 0.338 e. The topological polar surface area (TPSA) is 140 Å². The fourth-order valence-corrected chi connectivity index (χ4v) is 3.02. The predicted octanol–water partition coefficient (Wildman–Crippen LogP) is 2.91. The molecule has 160 valence electrons. The fourth-order valence-electron chi connectivity index (χ4n) is 3.02. The largest absolute Gasteiger partial charge is 0.449 e. The number of fused-ring (bicyclic) bond motifs is 1. The number of aromatic nitrogens is 3. The average molecular weight is 429 g/mol. The van der Waals surface area contributed by atoms with Gasteiger partial charge in [-0.15, -0.1) is 0 Å². The summed E-state index contributed by atoms with van der Waals surface area (Å²) in [5, 5.41) is 2.63. The summed E-state index contributed by atoms with van der Waals surface area (Å²) in [5.74, 6) is -1.08. The second kappa shape index (κ2) is 8.68. The molecule has 4 aromatic rings. The Balaban J connectivity index is 1.43. The summed E-state index contributed by atoms with van der Waals surface area (Å²) in [7, 11) is 0. The molecule has 0 aliphatic rings. The van der Waals surface area contributed by atoms with E-state index >= 15 is 0 Å². The van der Waals surface area contributed by atoms with Crippen molar-refractivity contribution in [2.75, 3.05) is 5.32 Å². The van der Waals surface area contributed by atoms with Gasteiger partial charge in [-0.1, -0.05) is 0 Å². The first kappa shape index (κ1) is 20.7. The number of hydrogen-bond donors (Lipinski definition) is 3. The van der Waals surface area contributed by atoms with Crippen LogP contribution in [-0.2, 0) is 9.53 Å². The predicted molar refractivity (Wildman–Crippen MR) is 118 cm³/mol. The first-order valence-corrected chi connectivity index (χ1v) is 9.72. The molecule has 0 radical (unpaired) electrons. The molecule has 2 heterocycles. The van der Waals surface area contributed by atoms with Crippen LogP contribution in [0.2, 0.25) is 0 Å². The molecule has 1 unspecified atom stereocenters. The van der Waals surface area contributed by atoms with Crippen molar-refractivity contribution in [1.82, 2.24) is 15.0 Å². The van der Waals surface area contributed by atoms with Gasteiger partial charge in [-0.3, -0.25) is 14.6 Å². The van der Waals surface area contributed by atoms with Gasteiger partial charge in [0.25, 0.3) is 5.91 Å². The van der Waals surface area contributed by atoms with Gasteiger partial charge < -0.3 is 20.8 Å². The first-order valence-electron chi connectivity index (χ1n) is 9.72. The van der Waals surface area contributed by atoms with Crippen molar-refractivity contribution in [3.8, 4) is 11.4 Å². The highest BCUT2D eigenvalue weighted by molar-refractivity contribution is 5.99. The van der Waals surface area contributed by atoms with E-state index in [1.54, 1.807) is 42.7 Å². The van der Waals surface area contributed by atoms with Gasteiger partial charge in [0.05, 0.1) is 16.6 Å². The number of hydrogen-bond acceptors (Lipinski definition) is 6. The van der Waals surface area contributed by atoms with E-state index in [0.717, 1.165) is 5.56 Å². The van der Waals surface area contributed by atoms with Gasteiger partial charge in [-0.2, -0.15) is 0 Å². The highest BCUT2D eigenvalue weighted by Crippen LogP contribution is 2.21. The molecule has 4 N–H and O–H groups in total. The number of carbonyl (C=O) groups is 3. The monoisotopic (exact) mass is 429 g/mol. The lowest BCUT2D eigenvalue weighted by atomic mass is 10.2. The number of benzene rings is 2. The molecule has 32 heavy (non-hydrogen) atoms. The normalized spacial score (nSPS) is 11.7. The van der Waals surface area contributed by atoms with Crippen molar-refractivity contribution in [2.45, 2.75) is 13.0 Å². The van der Waals surface area contributed by atoms with E-state index in [4.69, 9.17) is 10.5 Å². The smallest absolute Gasteiger partial charge is 0.338 e. The quantitative estimate of drug-likeness (QED) is 0.403. The van der Waals surface area contributed by atoms with Crippen LogP contribution < -0.4 is 11.1 Å². The van der Waals surface area contributed by atoms with Crippen molar-refractivity contribution in [3.05, 3.63) is 78.1 Å². The zero-order chi connectivity index (χ0) is 22.7. The number of nitrogens with zero attached hydrogens (tertiary/aromatic N) is 2. The molecule has 0 fully saturated rings. The Morgan fingerprint density at radius 2 is 1.81 bits per heavy atom. The standard InChI is InChI=1S/C23H19N5O4/c1-13(22(30)26-17-7-4-14(5-8-17)20(24)29)32-23(31)15-6-9-18-19(11-15)28-21(27-18)16-3-2-10-25-12-16/h2-13H,1H3,(H2,24,29)(H,26,30)(H,27,28). The number of nitrogens with one attached hydrogen (secondary N) is 2. The summed E-state index contributed by atoms with van der Waals surface area (Å²) in [6.45, 7) is 1.47. The second-order valence-electron chi connectivity index (χ2n) is 7.04. The number of aromatic amines is 1. The minimum Gasteiger partial charge on any atom is -0.449 e. The minimum atomic E-state index is -1.04. The number of amides is 2. The van der Waals surface area contributed by atoms with E-state index in [2.05, 4.69) is 20.3 Å². The van der Waals surface area contributed by atoms with E-state index in [0.29, 0.717) is 28.1 Å². The Morgan fingerprint density at radius 3 is 2.50 bits per heavy atom. The second-order valence-corrected chi connectivity index (χ2v) is 7.04. The molecule has 9 heteroatoms. The summed E-state index contributed by atoms with van der Waals surface area (Å²) in [5.41, 5.74) is 8.41. The summed E-state index contributed by atoms with van der Waals surface area (Å²) < 4.78 is 5.30. The lowest BCUT2D eigenvalue weighted by Crippen LogP contribution is -2.30. The zero-order valence-electron chi connectivity index (χ0n) is 17.0. The molecule has 4 rings (SSSR count). The molecule has 2 aromatic heterocycles. The van der Waals surface area contributed by atoms with E-state index < -0.39 is 23.9 Å². The van der Waals surface area contributed by atoms with Crippen LogP contribution in [0.5, 0.6) is 0 Å². The molecule has 0 aliphatic carbocycles. The third-order valence-corrected chi connectivity index (χ3v) is 4.74. The number of imidazole rings is 1. The van der Waals surface area contributed by atoms with Crippen LogP contribution >= 0.6 is 0 Å². The third kappa shape index (κ3) is 4.46. The van der Waals surface area contributed by atoms with Crippen LogP contribution in [0.3, 0.4) is 0 Å². The van der Waals surface area contributed by atoms with Crippen LogP contribution in [0.1, 0.15) is 27.6 Å². The molecule has 0 saturated carbocycles. The number of rotatable bonds is 6. The lowest BCUT2D eigenvalue weighted by molar-refractivity contribution is -0.123. The molecule has 2 amide bonds. The summed E-state index contributed by atoms with van der Waals surface area (Å²) >= 11 is 0. The van der Waals surface area contributed by atoms with Gasteiger partial charge in [0, 0.05) is 29.2 Å². The summed E-state index contributed by atoms with van der Waals surface area (Å²) in [6.07, 6.45) is 2.32. The number of esters is 1. The lowest BCUT2D eigenvalue weighted by Gasteiger charge is -2.13. The average Bonchev–Trinajstić information content (AvgIpc) is 3.23. The summed E-state index contributed by atoms with van der Waals surface area (Å²) in [6, 6.07) is 14.7. The summed E-state index contributed by atoms with van der Waals surface area (Å²) in [4.78, 5) is 47.8. The van der Waals surface area contributed by atoms with Crippen LogP contribution in [0.4, 0.5) is 5.69 Å². The molecular formula is C23H19N5O4. The molecule has 2 aromatic carbocycles. The van der Waals surface area contributed by atoms with Crippen molar-refractivity contribution < 1.29 is 19.1 Å². The van der Waals surface area contributed by atoms with Gasteiger partial charge in [0.2, 0.25) is 5.91 Å². The SMILES string of the molecule is CC(OC(=O)c1ccc2nc(-c3cccnc3)[nH]c2c1)C(=O)Nc1ccc(C(N)=O)cc1. The van der Waals surface area contributed by atoms with E-state index in [1.807, 2.05) is 12.1 Å². The molecule has 1 atom stereocenters. The van der Waals surface area contributed by atoms with Crippen LogP contribution in [-0.4, -0.2) is 38.8 Å². The number of H-pyrrole nitrogens is 1. The van der Waals surface area contributed by atoms with E-state index in [1.165, 1.54) is 19.1 Å². The molecule has 0 aliphatic heterocycles. The highest BCUT2D eigenvalue weighted by Gasteiger charge is 2.20.